The molecule has 12 heteroatoms. The highest BCUT2D eigenvalue weighted by atomic mass is 19.1. The first-order valence-corrected chi connectivity index (χ1v) is 14.8. The van der Waals surface area contributed by atoms with Gasteiger partial charge in [-0.2, -0.15) is 0 Å². The number of piperidine rings is 1. The lowest BCUT2D eigenvalue weighted by Gasteiger charge is -2.37. The van der Waals surface area contributed by atoms with Crippen molar-refractivity contribution in [1.82, 2.24) is 4.90 Å². The maximum absolute atomic E-state index is 13.6. The predicted molar refractivity (Wildman–Crippen MR) is 171 cm³/mol. The maximum atomic E-state index is 13.6. The van der Waals surface area contributed by atoms with E-state index in [9.17, 15) is 28.3 Å². The van der Waals surface area contributed by atoms with Gasteiger partial charge < -0.3 is 35.2 Å². The summed E-state index contributed by atoms with van der Waals surface area (Å²) in [4.78, 5) is 33.1. The van der Waals surface area contributed by atoms with Crippen molar-refractivity contribution in [3.63, 3.8) is 0 Å². The van der Waals surface area contributed by atoms with Crippen LogP contribution >= 0.6 is 0 Å². The van der Waals surface area contributed by atoms with Gasteiger partial charge in [0.15, 0.2) is 17.3 Å². The van der Waals surface area contributed by atoms with Crippen molar-refractivity contribution in [3.05, 3.63) is 107 Å². The van der Waals surface area contributed by atoms with E-state index in [1.807, 2.05) is 0 Å². The lowest BCUT2D eigenvalue weighted by molar-refractivity contribution is -0.134. The lowest BCUT2D eigenvalue weighted by Crippen LogP contribution is -2.38. The molecule has 0 aliphatic carbocycles. The highest BCUT2D eigenvalue weighted by Gasteiger charge is 2.35. The smallest absolute Gasteiger partial charge is 0.328 e. The van der Waals surface area contributed by atoms with E-state index in [0.29, 0.717) is 53.4 Å². The van der Waals surface area contributed by atoms with Gasteiger partial charge in [-0.05, 0) is 105 Å². The summed E-state index contributed by atoms with van der Waals surface area (Å²) >= 11 is 0. The summed E-state index contributed by atoms with van der Waals surface area (Å²) < 4.78 is 38.4. The van der Waals surface area contributed by atoms with Gasteiger partial charge in [0.2, 0.25) is 0 Å². The molecule has 0 aromatic heterocycles. The number of Topliss-reactive ketones (excluding diaryl/α,β-unsaturated/α-hetero) is 1. The van der Waals surface area contributed by atoms with E-state index in [2.05, 4.69) is 4.90 Å². The maximum Gasteiger partial charge on any atom is 0.328 e. The Kier molecular flexibility index (Phi) is 15.2. The first-order chi connectivity index (χ1) is 21.9. The summed E-state index contributed by atoms with van der Waals surface area (Å²) in [6.07, 6.45) is 4.29. The molecule has 0 spiro atoms. The van der Waals surface area contributed by atoms with Crippen molar-refractivity contribution < 1.29 is 53.4 Å². The second kappa shape index (κ2) is 18.5. The number of carboxylic acid groups (broad SMARTS) is 2. The number of halogens is 2. The number of benzene rings is 3. The van der Waals surface area contributed by atoms with Gasteiger partial charge in [0.1, 0.15) is 17.2 Å². The zero-order valence-corrected chi connectivity index (χ0v) is 26.3. The molecule has 1 heterocycles. The number of aliphatic hydroxyl groups is 1. The van der Waals surface area contributed by atoms with Crippen molar-refractivity contribution in [2.45, 2.75) is 38.2 Å². The summed E-state index contributed by atoms with van der Waals surface area (Å²) in [5.41, 5.74) is 0.482. The van der Waals surface area contributed by atoms with Gasteiger partial charge >= 0.3 is 11.9 Å². The Balaban J connectivity index is 0.000000758. The first-order valence-electron chi connectivity index (χ1n) is 14.8. The molecule has 0 atom stereocenters. The Morgan fingerprint density at radius 1 is 0.872 bits per heavy atom. The summed E-state index contributed by atoms with van der Waals surface area (Å²) in [5.74, 6) is -1.82. The number of ketones is 1. The summed E-state index contributed by atoms with van der Waals surface area (Å²) in [6.45, 7) is 4.75. The van der Waals surface area contributed by atoms with Gasteiger partial charge in [0, 0.05) is 24.3 Å². The van der Waals surface area contributed by atoms with Crippen molar-refractivity contribution in [2.75, 3.05) is 33.4 Å². The molecule has 5 N–H and O–H groups in total. The van der Waals surface area contributed by atoms with Crippen LogP contribution in [0, 0.1) is 17.6 Å². The van der Waals surface area contributed by atoms with Crippen molar-refractivity contribution >= 4 is 17.7 Å². The highest BCUT2D eigenvalue weighted by molar-refractivity contribution is 5.94. The van der Waals surface area contributed by atoms with Gasteiger partial charge in [-0.1, -0.05) is 24.3 Å². The minimum absolute atomic E-state index is 0. The van der Waals surface area contributed by atoms with Crippen LogP contribution in [0.25, 0.3) is 0 Å². The third-order valence-corrected chi connectivity index (χ3v) is 7.75. The van der Waals surface area contributed by atoms with Crippen molar-refractivity contribution in [2.24, 2.45) is 5.92 Å². The number of hydrogen-bond donors (Lipinski definition) is 3. The fourth-order valence-electron chi connectivity index (χ4n) is 5.30. The second-order valence-corrected chi connectivity index (χ2v) is 11.0. The Labute approximate surface area is 272 Å². The molecule has 10 nitrogen and oxygen atoms in total. The van der Waals surface area contributed by atoms with E-state index in [4.69, 9.17) is 19.7 Å². The third-order valence-electron chi connectivity index (χ3n) is 7.75. The molecule has 0 bridgehead atoms. The number of methoxy groups -OCH3 is 1. The van der Waals surface area contributed by atoms with Gasteiger partial charge in [-0.15, -0.1) is 0 Å². The molecule has 0 unspecified atom stereocenters. The highest BCUT2D eigenvalue weighted by Crippen LogP contribution is 2.39. The first kappa shape index (κ1) is 38.5. The second-order valence-electron chi connectivity index (χ2n) is 11.0. The molecule has 0 saturated carbocycles. The fourth-order valence-corrected chi connectivity index (χ4v) is 5.30. The zero-order chi connectivity index (χ0) is 33.7. The number of ether oxygens (including phenoxy) is 2. The molecule has 1 aliphatic rings. The number of likely N-dealkylation sites (tertiary alicyclic amines) is 1. The summed E-state index contributed by atoms with van der Waals surface area (Å²) in [5, 5.41) is 27.4. The zero-order valence-electron chi connectivity index (χ0n) is 26.3. The molecule has 0 radical (unpaired) electrons. The molecule has 0 amide bonds. The predicted octanol–water partition coefficient (Wildman–Crippen LogP) is 4.87. The lowest BCUT2D eigenvalue weighted by atomic mass is 9.76. The molecule has 1 fully saturated rings. The standard InChI is InChI=1S/C31H35F2NO4.C4H4O4.H2O/c1-22(35)24-4-13-29(30(20-24)37-2)38-19-3-16-34-17-14-23(15-18-34)21-31(36,25-5-9-27(32)10-6-25)26-7-11-28(33)12-8-26;5-3(6)1-2-4(7)8;/h4-13,20,23,36H,3,14-19,21H2,1-2H3;1-2H,(H,5,6)(H,7,8);1H2/b;2-1+;. The van der Waals surface area contributed by atoms with Crippen LogP contribution in [0.4, 0.5) is 8.78 Å². The largest absolute Gasteiger partial charge is 0.493 e. The number of aliphatic carboxylic acids is 2. The van der Waals surface area contributed by atoms with E-state index in [-0.39, 0.29) is 28.8 Å². The Hall–Kier alpha value is -4.65. The third kappa shape index (κ3) is 11.9. The Morgan fingerprint density at radius 2 is 1.38 bits per heavy atom. The van der Waals surface area contributed by atoms with Crippen LogP contribution in [0.3, 0.4) is 0 Å². The monoisotopic (exact) mass is 657 g/mol. The summed E-state index contributed by atoms with van der Waals surface area (Å²) in [6, 6.07) is 17.0. The SMILES string of the molecule is COc1cc(C(C)=O)ccc1OCCCN1CCC(CC(O)(c2ccc(F)cc2)c2ccc(F)cc2)CC1.O.O=C(O)/C=C/C(=O)O. The van der Waals surface area contributed by atoms with E-state index in [1.165, 1.54) is 31.2 Å². The minimum Gasteiger partial charge on any atom is -0.493 e. The Bertz CT molecular complexity index is 1420. The van der Waals surface area contributed by atoms with Crippen LogP contribution in [0.1, 0.15) is 54.1 Å². The van der Waals surface area contributed by atoms with Crippen LogP contribution in [0.15, 0.2) is 78.9 Å². The van der Waals surface area contributed by atoms with Crippen LogP contribution in [0.5, 0.6) is 11.5 Å². The van der Waals surface area contributed by atoms with Crippen molar-refractivity contribution in [1.29, 1.82) is 0 Å². The topological polar surface area (TPSA) is 165 Å². The van der Waals surface area contributed by atoms with Crippen LogP contribution in [0.2, 0.25) is 0 Å². The van der Waals surface area contributed by atoms with Crippen LogP contribution in [-0.4, -0.2) is 76.8 Å². The molecule has 254 valence electrons. The Morgan fingerprint density at radius 3 is 1.83 bits per heavy atom. The molecule has 1 saturated heterocycles. The molecular formula is C35H41F2NO9. The van der Waals surface area contributed by atoms with E-state index < -0.39 is 17.5 Å². The molecular weight excluding hydrogens is 616 g/mol. The van der Waals surface area contributed by atoms with E-state index in [1.54, 1.807) is 49.6 Å². The van der Waals surface area contributed by atoms with Crippen molar-refractivity contribution in [3.8, 4) is 11.5 Å². The minimum atomic E-state index is -1.32. The average Bonchev–Trinajstić information content (AvgIpc) is 3.03. The molecule has 3 aromatic rings. The number of carbonyl (C=O) groups is 3. The number of carbonyl (C=O) groups excluding carboxylic acids is 1. The van der Waals surface area contributed by atoms with E-state index >= 15 is 0 Å². The van der Waals surface area contributed by atoms with Crippen LogP contribution < -0.4 is 9.47 Å². The molecule has 3 aromatic carbocycles. The van der Waals surface area contributed by atoms with Gasteiger partial charge in [0.05, 0.1) is 13.7 Å². The van der Waals surface area contributed by atoms with Gasteiger partial charge in [-0.3, -0.25) is 4.79 Å². The molecule has 4 rings (SSSR count). The quantitative estimate of drug-likeness (QED) is 0.132. The van der Waals surface area contributed by atoms with Crippen LogP contribution in [-0.2, 0) is 15.2 Å². The average molecular weight is 658 g/mol. The van der Waals surface area contributed by atoms with E-state index in [0.717, 1.165) is 38.9 Å². The molecule has 47 heavy (non-hydrogen) atoms. The summed E-state index contributed by atoms with van der Waals surface area (Å²) in [7, 11) is 1.56. The number of rotatable bonds is 13. The number of nitrogens with zero attached hydrogens (tertiary/aromatic N) is 1. The molecule has 1 aliphatic heterocycles. The number of hydrogen-bond acceptors (Lipinski definition) is 7. The normalized spacial score (nSPS) is 13.6. The fraction of sp³-hybridized carbons (Fsp3) is 0.343. The van der Waals surface area contributed by atoms with Gasteiger partial charge in [0.25, 0.3) is 0 Å². The number of carboxylic acids is 2. The van der Waals surface area contributed by atoms with Gasteiger partial charge in [-0.25, -0.2) is 18.4 Å².